The second-order valence-electron chi connectivity index (χ2n) is 8.10. The molecule has 1 aliphatic heterocycles. The first-order chi connectivity index (χ1) is 15.0. The SMILES string of the molecule is Cc1ccc2nccc(CN3C(=O)N(c4ccc(SC(F)(F)F)cc4)C(=O)C3(C)C)c2c1. The van der Waals surface area contributed by atoms with Gasteiger partial charge in [-0.2, -0.15) is 13.2 Å². The third-order valence-electron chi connectivity index (χ3n) is 5.47. The van der Waals surface area contributed by atoms with E-state index in [2.05, 4.69) is 4.98 Å². The Labute approximate surface area is 187 Å². The summed E-state index contributed by atoms with van der Waals surface area (Å²) in [7, 11) is 0. The number of nitrogens with zero attached hydrogens (tertiary/aromatic N) is 3. The number of pyridine rings is 1. The summed E-state index contributed by atoms with van der Waals surface area (Å²) in [6.45, 7) is 5.48. The van der Waals surface area contributed by atoms with Gasteiger partial charge in [0.25, 0.3) is 5.91 Å². The van der Waals surface area contributed by atoms with Gasteiger partial charge in [-0.25, -0.2) is 9.69 Å². The lowest BCUT2D eigenvalue weighted by molar-refractivity contribution is -0.123. The third-order valence-corrected chi connectivity index (χ3v) is 6.21. The standard InChI is InChI=1S/C23H20F3N3O2S/c1-14-4-9-19-18(12-14)15(10-11-27-19)13-28-21(31)29(20(30)22(28,2)3)16-5-7-17(8-6-16)32-23(24,25)26/h4-12H,13H2,1-3H3. The Balaban J connectivity index is 1.65. The molecule has 9 heteroatoms. The van der Waals surface area contributed by atoms with Gasteiger partial charge in [0.05, 0.1) is 11.2 Å². The van der Waals surface area contributed by atoms with E-state index in [1.165, 1.54) is 29.2 Å². The molecule has 2 heterocycles. The maximum atomic E-state index is 13.3. The summed E-state index contributed by atoms with van der Waals surface area (Å²) in [4.78, 5) is 33.3. The monoisotopic (exact) mass is 459 g/mol. The highest BCUT2D eigenvalue weighted by Gasteiger charge is 2.51. The minimum atomic E-state index is -4.41. The number of benzene rings is 2. The lowest BCUT2D eigenvalue weighted by atomic mass is 10.0. The normalized spacial score (nSPS) is 16.3. The van der Waals surface area contributed by atoms with E-state index in [0.29, 0.717) is 0 Å². The molecule has 3 aromatic rings. The molecule has 32 heavy (non-hydrogen) atoms. The van der Waals surface area contributed by atoms with Crippen LogP contribution in [-0.2, 0) is 11.3 Å². The van der Waals surface area contributed by atoms with Gasteiger partial charge in [-0.1, -0.05) is 11.6 Å². The van der Waals surface area contributed by atoms with Gasteiger partial charge in [0.15, 0.2) is 0 Å². The number of rotatable bonds is 4. The molecule has 166 valence electrons. The molecule has 5 nitrogen and oxygen atoms in total. The average molecular weight is 459 g/mol. The Morgan fingerprint density at radius 2 is 1.72 bits per heavy atom. The molecule has 0 spiro atoms. The molecule has 1 fully saturated rings. The summed E-state index contributed by atoms with van der Waals surface area (Å²) in [6, 6.07) is 12.4. The van der Waals surface area contributed by atoms with Crippen molar-refractivity contribution in [3.8, 4) is 0 Å². The van der Waals surface area contributed by atoms with Crippen molar-refractivity contribution in [2.75, 3.05) is 4.90 Å². The van der Waals surface area contributed by atoms with Crippen molar-refractivity contribution >= 4 is 40.3 Å². The molecular formula is C23H20F3N3O2S. The topological polar surface area (TPSA) is 53.5 Å². The van der Waals surface area contributed by atoms with Crippen LogP contribution in [0.1, 0.15) is 25.0 Å². The van der Waals surface area contributed by atoms with Gasteiger partial charge >= 0.3 is 11.5 Å². The van der Waals surface area contributed by atoms with Gasteiger partial charge in [-0.15, -0.1) is 0 Å². The van der Waals surface area contributed by atoms with E-state index < -0.39 is 23.0 Å². The first-order valence-corrected chi connectivity index (χ1v) is 10.7. The number of hydrogen-bond donors (Lipinski definition) is 0. The summed E-state index contributed by atoms with van der Waals surface area (Å²) < 4.78 is 37.8. The molecule has 0 radical (unpaired) electrons. The highest BCUT2D eigenvalue weighted by molar-refractivity contribution is 8.00. The zero-order valence-corrected chi connectivity index (χ0v) is 18.4. The molecule has 0 N–H and O–H groups in total. The third kappa shape index (κ3) is 4.04. The molecule has 0 unspecified atom stereocenters. The van der Waals surface area contributed by atoms with E-state index in [-0.39, 0.29) is 28.9 Å². The number of thioether (sulfide) groups is 1. The van der Waals surface area contributed by atoms with E-state index >= 15 is 0 Å². The summed E-state index contributed by atoms with van der Waals surface area (Å²) in [6.07, 6.45) is 1.66. The number of carbonyl (C=O) groups excluding carboxylic acids is 2. The predicted octanol–water partition coefficient (Wildman–Crippen LogP) is 5.90. The Morgan fingerprint density at radius 3 is 2.38 bits per heavy atom. The number of aromatic nitrogens is 1. The number of imide groups is 1. The number of hydrogen-bond acceptors (Lipinski definition) is 4. The summed E-state index contributed by atoms with van der Waals surface area (Å²) in [5.74, 6) is -0.437. The van der Waals surface area contributed by atoms with Gasteiger partial charge in [0.2, 0.25) is 0 Å². The van der Waals surface area contributed by atoms with Crippen LogP contribution in [0.2, 0.25) is 0 Å². The largest absolute Gasteiger partial charge is 0.446 e. The minimum absolute atomic E-state index is 0.0184. The highest BCUT2D eigenvalue weighted by atomic mass is 32.2. The van der Waals surface area contributed by atoms with E-state index in [1.807, 2.05) is 31.2 Å². The zero-order chi connectivity index (χ0) is 23.3. The fourth-order valence-electron chi connectivity index (χ4n) is 3.75. The van der Waals surface area contributed by atoms with Crippen LogP contribution in [-0.4, -0.2) is 32.9 Å². The fraction of sp³-hybridized carbons (Fsp3) is 0.261. The second kappa shape index (κ2) is 7.81. The maximum absolute atomic E-state index is 13.3. The number of carbonyl (C=O) groups is 2. The Bertz CT molecular complexity index is 1210. The first-order valence-electron chi connectivity index (χ1n) is 9.83. The maximum Gasteiger partial charge on any atom is 0.446 e. The smallest absolute Gasteiger partial charge is 0.305 e. The van der Waals surface area contributed by atoms with Crippen LogP contribution >= 0.6 is 11.8 Å². The first kappa shape index (κ1) is 22.1. The molecular weight excluding hydrogens is 439 g/mol. The minimum Gasteiger partial charge on any atom is -0.305 e. The molecule has 3 amide bonds. The molecule has 0 saturated carbocycles. The van der Waals surface area contributed by atoms with Crippen molar-refractivity contribution < 1.29 is 22.8 Å². The van der Waals surface area contributed by atoms with Crippen LogP contribution in [0.4, 0.5) is 23.7 Å². The van der Waals surface area contributed by atoms with Crippen LogP contribution in [0.5, 0.6) is 0 Å². The van der Waals surface area contributed by atoms with E-state index in [9.17, 15) is 22.8 Å². The fourth-order valence-corrected chi connectivity index (χ4v) is 4.29. The van der Waals surface area contributed by atoms with Crippen LogP contribution in [0.15, 0.2) is 59.6 Å². The molecule has 2 aromatic carbocycles. The van der Waals surface area contributed by atoms with E-state index in [1.54, 1.807) is 20.0 Å². The van der Waals surface area contributed by atoms with Crippen molar-refractivity contribution in [1.29, 1.82) is 0 Å². The average Bonchev–Trinajstić information content (AvgIpc) is 2.87. The zero-order valence-electron chi connectivity index (χ0n) is 17.6. The van der Waals surface area contributed by atoms with Crippen LogP contribution in [0.3, 0.4) is 0 Å². The van der Waals surface area contributed by atoms with E-state index in [4.69, 9.17) is 0 Å². The van der Waals surface area contributed by atoms with E-state index in [0.717, 1.165) is 26.9 Å². The number of fused-ring (bicyclic) bond motifs is 1. The molecule has 1 saturated heterocycles. The molecule has 1 aliphatic rings. The van der Waals surface area contributed by atoms with Gasteiger partial charge in [0.1, 0.15) is 5.54 Å². The van der Waals surface area contributed by atoms with Crippen molar-refractivity contribution in [3.05, 3.63) is 65.9 Å². The Hall–Kier alpha value is -3.07. The number of alkyl halides is 3. The lowest BCUT2D eigenvalue weighted by Crippen LogP contribution is -2.43. The Kier molecular flexibility index (Phi) is 5.40. The quantitative estimate of drug-likeness (QED) is 0.360. The van der Waals surface area contributed by atoms with Gasteiger partial charge in [-0.05, 0) is 80.6 Å². The summed E-state index contributed by atoms with van der Waals surface area (Å²) in [5, 5.41) is 0.899. The van der Waals surface area contributed by atoms with Gasteiger partial charge < -0.3 is 4.90 Å². The molecule has 0 aliphatic carbocycles. The number of amides is 3. The molecule has 4 rings (SSSR count). The van der Waals surface area contributed by atoms with Crippen LogP contribution < -0.4 is 4.90 Å². The van der Waals surface area contributed by atoms with Crippen molar-refractivity contribution in [2.24, 2.45) is 0 Å². The number of aryl methyl sites for hydroxylation is 1. The molecule has 0 atom stereocenters. The second-order valence-corrected chi connectivity index (χ2v) is 9.24. The summed E-state index contributed by atoms with van der Waals surface area (Å²) >= 11 is -0.247. The number of anilines is 1. The number of urea groups is 1. The van der Waals surface area contributed by atoms with Crippen LogP contribution in [0.25, 0.3) is 10.9 Å². The summed E-state index contributed by atoms with van der Waals surface area (Å²) in [5.41, 5.74) is -2.61. The van der Waals surface area contributed by atoms with Crippen molar-refractivity contribution in [2.45, 2.75) is 43.3 Å². The predicted molar refractivity (Wildman–Crippen MR) is 117 cm³/mol. The van der Waals surface area contributed by atoms with Crippen molar-refractivity contribution in [1.82, 2.24) is 9.88 Å². The van der Waals surface area contributed by atoms with Gasteiger partial charge in [0, 0.05) is 23.0 Å². The number of halogens is 3. The Morgan fingerprint density at radius 1 is 1.03 bits per heavy atom. The molecule has 0 bridgehead atoms. The van der Waals surface area contributed by atoms with Crippen molar-refractivity contribution in [3.63, 3.8) is 0 Å². The highest BCUT2D eigenvalue weighted by Crippen LogP contribution is 2.39. The lowest BCUT2D eigenvalue weighted by Gasteiger charge is -2.28. The van der Waals surface area contributed by atoms with Gasteiger partial charge in [-0.3, -0.25) is 9.78 Å². The van der Waals surface area contributed by atoms with Crippen LogP contribution in [0, 0.1) is 6.92 Å². The molecule has 1 aromatic heterocycles.